The van der Waals surface area contributed by atoms with Crippen molar-refractivity contribution in [2.45, 2.75) is 51.2 Å². The van der Waals surface area contributed by atoms with E-state index >= 15 is 0 Å². The molecule has 1 fully saturated rings. The van der Waals surface area contributed by atoms with Crippen LogP contribution in [0.5, 0.6) is 5.75 Å². The molecule has 3 aromatic rings. The summed E-state index contributed by atoms with van der Waals surface area (Å²) in [5.41, 5.74) is 4.35. The van der Waals surface area contributed by atoms with Crippen LogP contribution in [0.15, 0.2) is 83.4 Å². The normalized spacial score (nSPS) is 16.4. The number of ether oxygens (including phenoxy) is 1. The van der Waals surface area contributed by atoms with Crippen LogP contribution in [-0.2, 0) is 16.0 Å². The molecule has 1 aliphatic heterocycles. The van der Waals surface area contributed by atoms with Crippen molar-refractivity contribution in [3.05, 3.63) is 100 Å². The van der Waals surface area contributed by atoms with Gasteiger partial charge in [-0.05, 0) is 59.2 Å². The Hall–Kier alpha value is -4.02. The lowest BCUT2D eigenvalue weighted by molar-refractivity contribution is -0.117. The summed E-state index contributed by atoms with van der Waals surface area (Å²) in [6.45, 7) is 8.50. The van der Waals surface area contributed by atoms with Gasteiger partial charge in [-0.15, -0.1) is 0 Å². The van der Waals surface area contributed by atoms with Crippen LogP contribution in [0.4, 0.5) is 11.4 Å². The van der Waals surface area contributed by atoms with Crippen LogP contribution >= 0.6 is 11.8 Å². The summed E-state index contributed by atoms with van der Waals surface area (Å²) in [4.78, 5) is 28.7. The number of carbonyl (C=O) groups is 2. The van der Waals surface area contributed by atoms with Gasteiger partial charge in [-0.2, -0.15) is 5.26 Å². The van der Waals surface area contributed by atoms with Crippen molar-refractivity contribution < 1.29 is 14.3 Å². The number of hydrogen-bond donors (Lipinski definition) is 1. The highest BCUT2D eigenvalue weighted by Gasteiger charge is 2.41. The van der Waals surface area contributed by atoms with E-state index in [0.29, 0.717) is 40.4 Å². The van der Waals surface area contributed by atoms with Crippen LogP contribution < -0.4 is 15.0 Å². The van der Waals surface area contributed by atoms with Crippen LogP contribution in [0.1, 0.15) is 56.2 Å². The van der Waals surface area contributed by atoms with Gasteiger partial charge < -0.3 is 10.1 Å². The van der Waals surface area contributed by atoms with Gasteiger partial charge in [-0.1, -0.05) is 88.0 Å². The van der Waals surface area contributed by atoms with Gasteiger partial charge in [-0.3, -0.25) is 14.5 Å². The number of anilines is 2. The molecule has 1 N–H and O–H groups in total. The number of nitrogens with one attached hydrogen (secondary N) is 1. The van der Waals surface area contributed by atoms with E-state index in [4.69, 9.17) is 4.74 Å². The predicted octanol–water partition coefficient (Wildman–Crippen LogP) is 7.01. The molecule has 0 aliphatic carbocycles. The number of benzene rings is 3. The van der Waals surface area contributed by atoms with Gasteiger partial charge in [0.15, 0.2) is 0 Å². The zero-order valence-corrected chi connectivity index (χ0v) is 23.7. The topological polar surface area (TPSA) is 82.4 Å². The highest BCUT2D eigenvalue weighted by molar-refractivity contribution is 8.05. The van der Waals surface area contributed by atoms with Crippen LogP contribution in [0.25, 0.3) is 0 Å². The zero-order valence-electron chi connectivity index (χ0n) is 22.9. The molecule has 3 aromatic carbocycles. The lowest BCUT2D eigenvalue weighted by atomic mass is 10.00. The van der Waals surface area contributed by atoms with Gasteiger partial charge in [0.25, 0.3) is 5.91 Å². The minimum Gasteiger partial charge on any atom is -0.495 e. The summed E-state index contributed by atoms with van der Waals surface area (Å²) >= 11 is 1.26. The molecule has 0 bridgehead atoms. The Morgan fingerprint density at radius 3 is 2.13 bits per heavy atom. The predicted molar refractivity (Wildman–Crippen MR) is 158 cm³/mol. The molecule has 4 rings (SSSR count). The quantitative estimate of drug-likeness (QED) is 0.246. The van der Waals surface area contributed by atoms with E-state index in [9.17, 15) is 14.9 Å². The van der Waals surface area contributed by atoms with Crippen LogP contribution in [0, 0.1) is 11.3 Å². The molecule has 1 saturated heterocycles. The van der Waals surface area contributed by atoms with Crippen molar-refractivity contribution in [1.82, 2.24) is 0 Å². The number of nitrogens with zero attached hydrogens (tertiary/aromatic N) is 2. The molecule has 2 amide bonds. The largest absolute Gasteiger partial charge is 0.495 e. The summed E-state index contributed by atoms with van der Waals surface area (Å²) < 4.78 is 5.35. The second-order valence-corrected chi connectivity index (χ2v) is 11.3. The molecular weight excluding hydrogens is 506 g/mol. The van der Waals surface area contributed by atoms with Crippen molar-refractivity contribution >= 4 is 35.0 Å². The molecule has 1 unspecified atom stereocenters. The van der Waals surface area contributed by atoms with Crippen LogP contribution in [0.2, 0.25) is 0 Å². The van der Waals surface area contributed by atoms with E-state index in [0.717, 1.165) is 11.1 Å². The average Bonchev–Trinajstić information content (AvgIpc) is 3.24. The second-order valence-electron chi connectivity index (χ2n) is 10.1. The number of hydrogen-bond acceptors (Lipinski definition) is 5. The molecule has 1 aliphatic rings. The molecular formula is C32H33N3O3S. The van der Waals surface area contributed by atoms with Crippen molar-refractivity contribution in [3.8, 4) is 11.8 Å². The smallest absolute Gasteiger partial charge is 0.269 e. The standard InChI is InChI=1S/C32H33N3O3S/c1-20(2)23-12-10-22(11-13-23)18-29-31(37)35(25-16-14-24(15-17-25)21(3)4)32(39-29)26(19-33)30(36)34-27-8-6-7-9-28(27)38-5/h6-17,20-21,29H,18H2,1-5H3,(H,34,36)/b32-26-. The summed E-state index contributed by atoms with van der Waals surface area (Å²) in [7, 11) is 1.51. The molecule has 1 heterocycles. The summed E-state index contributed by atoms with van der Waals surface area (Å²) in [6.07, 6.45) is 0.485. The van der Waals surface area contributed by atoms with Gasteiger partial charge >= 0.3 is 0 Å². The SMILES string of the molecule is COc1ccccc1NC(=O)/C(C#N)=C1\SC(Cc2ccc(C(C)C)cc2)C(=O)N1c1ccc(C(C)C)cc1. The van der Waals surface area contributed by atoms with Gasteiger partial charge in [-0.25, -0.2) is 0 Å². The highest BCUT2D eigenvalue weighted by Crippen LogP contribution is 2.42. The number of nitriles is 1. The third-order valence-corrected chi connectivity index (χ3v) is 8.01. The maximum absolute atomic E-state index is 13.8. The highest BCUT2D eigenvalue weighted by atomic mass is 32.2. The zero-order chi connectivity index (χ0) is 28.1. The first-order valence-electron chi connectivity index (χ1n) is 13.0. The fraction of sp³-hybridized carbons (Fsp3) is 0.281. The minimum absolute atomic E-state index is 0.121. The Morgan fingerprint density at radius 2 is 1.56 bits per heavy atom. The lowest BCUT2D eigenvalue weighted by Crippen LogP contribution is -2.31. The fourth-order valence-corrected chi connectivity index (χ4v) is 5.72. The van der Waals surface area contributed by atoms with E-state index in [2.05, 4.69) is 51.2 Å². The molecule has 0 saturated carbocycles. The number of methoxy groups -OCH3 is 1. The van der Waals surface area contributed by atoms with Crippen molar-refractivity contribution in [1.29, 1.82) is 5.26 Å². The number of rotatable bonds is 8. The van der Waals surface area contributed by atoms with Crippen LogP contribution in [-0.4, -0.2) is 24.2 Å². The second kappa shape index (κ2) is 12.2. The maximum atomic E-state index is 13.8. The Labute approximate surface area is 234 Å². The molecule has 1 atom stereocenters. The number of amides is 2. The van der Waals surface area contributed by atoms with Crippen molar-refractivity contribution in [2.24, 2.45) is 0 Å². The van der Waals surface area contributed by atoms with Crippen molar-refractivity contribution in [2.75, 3.05) is 17.3 Å². The van der Waals surface area contributed by atoms with Crippen LogP contribution in [0.3, 0.4) is 0 Å². The van der Waals surface area contributed by atoms with Gasteiger partial charge in [0.05, 0.1) is 18.0 Å². The molecule has 6 nitrogen and oxygen atoms in total. The Balaban J connectivity index is 1.72. The molecule has 7 heteroatoms. The minimum atomic E-state index is -0.594. The first kappa shape index (κ1) is 28.0. The summed E-state index contributed by atoms with van der Waals surface area (Å²) in [5.74, 6) is 0.481. The average molecular weight is 540 g/mol. The first-order valence-corrected chi connectivity index (χ1v) is 13.9. The molecule has 0 aromatic heterocycles. The fourth-order valence-electron chi connectivity index (χ4n) is 4.42. The van der Waals surface area contributed by atoms with Gasteiger partial charge in [0, 0.05) is 5.69 Å². The van der Waals surface area contributed by atoms with Crippen molar-refractivity contribution in [3.63, 3.8) is 0 Å². The number of carbonyl (C=O) groups excluding carboxylic acids is 2. The van der Waals surface area contributed by atoms with Gasteiger partial charge in [0.1, 0.15) is 22.4 Å². The van der Waals surface area contributed by atoms with Gasteiger partial charge in [0.2, 0.25) is 5.91 Å². The summed E-state index contributed by atoms with van der Waals surface area (Å²) in [5, 5.41) is 12.8. The van der Waals surface area contributed by atoms with E-state index < -0.39 is 11.2 Å². The number of para-hydroxylation sites is 2. The van der Waals surface area contributed by atoms with E-state index in [-0.39, 0.29) is 11.5 Å². The van der Waals surface area contributed by atoms with E-state index in [1.807, 2.05) is 36.4 Å². The monoisotopic (exact) mass is 539 g/mol. The maximum Gasteiger partial charge on any atom is 0.269 e. The molecule has 200 valence electrons. The Kier molecular flexibility index (Phi) is 8.78. The Bertz CT molecular complexity index is 1420. The number of thioether (sulfide) groups is 1. The van der Waals surface area contributed by atoms with E-state index in [1.165, 1.54) is 29.3 Å². The molecule has 0 spiro atoms. The third-order valence-electron chi connectivity index (χ3n) is 6.75. The third kappa shape index (κ3) is 6.18. The lowest BCUT2D eigenvalue weighted by Gasteiger charge is -2.20. The Morgan fingerprint density at radius 1 is 0.974 bits per heavy atom. The van der Waals surface area contributed by atoms with E-state index in [1.54, 1.807) is 24.3 Å². The molecule has 39 heavy (non-hydrogen) atoms. The first-order chi connectivity index (χ1) is 18.7. The summed E-state index contributed by atoms with van der Waals surface area (Å²) in [6, 6.07) is 25.1. The molecule has 0 radical (unpaired) electrons.